The van der Waals surface area contributed by atoms with Gasteiger partial charge in [0.15, 0.2) is 0 Å². The van der Waals surface area contributed by atoms with Gasteiger partial charge in [-0.05, 0) is 65.6 Å². The largest absolute Gasteiger partial charge is 0.573 e. The van der Waals surface area contributed by atoms with Gasteiger partial charge in [-0.2, -0.15) is 0 Å². The number of halogens is 3. The molecular formula is C23H20F3N3O2. The summed E-state index contributed by atoms with van der Waals surface area (Å²) in [5.74, 6) is -0.364. The summed E-state index contributed by atoms with van der Waals surface area (Å²) >= 11 is 0. The summed E-state index contributed by atoms with van der Waals surface area (Å²) in [4.78, 5) is 18.6. The molecule has 0 spiro atoms. The summed E-state index contributed by atoms with van der Waals surface area (Å²) < 4.78 is 40.8. The number of aryl methyl sites for hydroxylation is 1. The second kappa shape index (κ2) is 8.29. The van der Waals surface area contributed by atoms with E-state index in [-0.39, 0.29) is 11.7 Å². The van der Waals surface area contributed by atoms with Crippen molar-refractivity contribution < 1.29 is 22.7 Å². The van der Waals surface area contributed by atoms with Crippen molar-refractivity contribution in [3.8, 4) is 5.75 Å². The van der Waals surface area contributed by atoms with E-state index in [1.807, 2.05) is 31.2 Å². The number of ether oxygens (including phenoxy) is 1. The molecule has 1 amide bonds. The van der Waals surface area contributed by atoms with Gasteiger partial charge in [-0.15, -0.1) is 13.2 Å². The minimum atomic E-state index is -4.73. The molecule has 5 nitrogen and oxygen atoms in total. The third-order valence-corrected chi connectivity index (χ3v) is 5.06. The molecule has 2 heterocycles. The molecule has 8 heteroatoms. The molecule has 3 aromatic rings. The number of carbonyl (C=O) groups is 1. The molecule has 1 N–H and O–H groups in total. The zero-order valence-electron chi connectivity index (χ0n) is 16.7. The third kappa shape index (κ3) is 4.96. The molecular weight excluding hydrogens is 407 g/mol. The minimum absolute atomic E-state index is 0.0798. The van der Waals surface area contributed by atoms with Crippen molar-refractivity contribution >= 4 is 11.6 Å². The lowest BCUT2D eigenvalue weighted by molar-refractivity contribution is -0.274. The van der Waals surface area contributed by atoms with Crippen molar-refractivity contribution in [3.63, 3.8) is 0 Å². The summed E-state index contributed by atoms with van der Waals surface area (Å²) in [5, 5.41) is 3.37. The molecule has 0 saturated carbocycles. The molecule has 0 atom stereocenters. The van der Waals surface area contributed by atoms with Crippen molar-refractivity contribution in [1.29, 1.82) is 0 Å². The van der Waals surface area contributed by atoms with Crippen molar-refractivity contribution in [2.24, 2.45) is 0 Å². The second-order valence-electron chi connectivity index (χ2n) is 7.39. The van der Waals surface area contributed by atoms with Crippen LogP contribution in [0.15, 0.2) is 60.9 Å². The first-order chi connectivity index (χ1) is 14.8. The number of nitrogens with zero attached hydrogens (tertiary/aromatic N) is 2. The van der Waals surface area contributed by atoms with Crippen LogP contribution >= 0.6 is 0 Å². The van der Waals surface area contributed by atoms with E-state index in [2.05, 4.69) is 15.0 Å². The normalized spacial score (nSPS) is 13.3. The predicted octanol–water partition coefficient (Wildman–Crippen LogP) is 5.06. The maximum Gasteiger partial charge on any atom is 0.573 e. The van der Waals surface area contributed by atoms with Crippen LogP contribution in [-0.2, 0) is 19.6 Å². The van der Waals surface area contributed by atoms with E-state index < -0.39 is 6.36 Å². The highest BCUT2D eigenvalue weighted by Gasteiger charge is 2.31. The SMILES string of the molecule is Cc1cc(NCc2ccncc2)cc2c1C(=O)N(Cc1ccc(OC(F)(F)F)cc1)C2. The Kier molecular flexibility index (Phi) is 5.54. The van der Waals surface area contributed by atoms with Gasteiger partial charge in [0, 0.05) is 43.3 Å². The standard InChI is InChI=1S/C23H20F3N3O2/c1-15-10-19(28-12-16-6-8-27-9-7-16)11-18-14-29(22(30)21(15)18)13-17-2-4-20(5-3-17)31-23(24,25)26/h2-11,28H,12-14H2,1H3. The van der Waals surface area contributed by atoms with Crippen molar-refractivity contribution in [1.82, 2.24) is 9.88 Å². The van der Waals surface area contributed by atoms with E-state index >= 15 is 0 Å². The van der Waals surface area contributed by atoms with Crippen LogP contribution in [0, 0.1) is 6.92 Å². The Morgan fingerprint density at radius 2 is 1.77 bits per heavy atom. The smallest absolute Gasteiger partial charge is 0.406 e. The summed E-state index contributed by atoms with van der Waals surface area (Å²) in [6.45, 7) is 3.30. The first-order valence-electron chi connectivity index (χ1n) is 9.69. The summed E-state index contributed by atoms with van der Waals surface area (Å²) in [6.07, 6.45) is -1.25. The van der Waals surface area contributed by atoms with Gasteiger partial charge in [-0.1, -0.05) is 12.1 Å². The number of hydrogen-bond donors (Lipinski definition) is 1. The van der Waals surface area contributed by atoms with E-state index in [4.69, 9.17) is 0 Å². The number of carbonyl (C=O) groups excluding carboxylic acids is 1. The van der Waals surface area contributed by atoms with Crippen molar-refractivity contribution in [2.75, 3.05) is 5.32 Å². The minimum Gasteiger partial charge on any atom is -0.406 e. The van der Waals surface area contributed by atoms with Crippen LogP contribution in [0.4, 0.5) is 18.9 Å². The number of fused-ring (bicyclic) bond motifs is 1. The van der Waals surface area contributed by atoms with Crippen LogP contribution in [0.2, 0.25) is 0 Å². The van der Waals surface area contributed by atoms with Gasteiger partial charge in [0.2, 0.25) is 0 Å². The van der Waals surface area contributed by atoms with Crippen molar-refractivity contribution in [2.45, 2.75) is 32.9 Å². The molecule has 0 radical (unpaired) electrons. The molecule has 1 aliphatic heterocycles. The van der Waals surface area contributed by atoms with Crippen LogP contribution in [0.1, 0.15) is 32.6 Å². The highest BCUT2D eigenvalue weighted by Crippen LogP contribution is 2.31. The number of hydrogen-bond acceptors (Lipinski definition) is 4. The van der Waals surface area contributed by atoms with E-state index in [9.17, 15) is 18.0 Å². The molecule has 0 aliphatic carbocycles. The molecule has 1 aliphatic rings. The Morgan fingerprint density at radius 1 is 1.06 bits per heavy atom. The number of amides is 1. The molecule has 2 aromatic carbocycles. The van der Waals surface area contributed by atoms with Crippen LogP contribution in [0.25, 0.3) is 0 Å². The van der Waals surface area contributed by atoms with Gasteiger partial charge in [0.1, 0.15) is 5.75 Å². The number of rotatable bonds is 6. The average molecular weight is 427 g/mol. The first kappa shape index (κ1) is 20.7. The maximum atomic E-state index is 12.9. The monoisotopic (exact) mass is 427 g/mol. The summed E-state index contributed by atoms with van der Waals surface area (Å²) in [5.41, 5.74) is 5.26. The fraction of sp³-hybridized carbons (Fsp3) is 0.217. The maximum absolute atomic E-state index is 12.9. The van der Waals surface area contributed by atoms with Gasteiger partial charge in [0.25, 0.3) is 5.91 Å². The predicted molar refractivity (Wildman–Crippen MR) is 109 cm³/mol. The zero-order chi connectivity index (χ0) is 22.0. The molecule has 0 unspecified atom stereocenters. The van der Waals surface area contributed by atoms with Crippen LogP contribution < -0.4 is 10.1 Å². The highest BCUT2D eigenvalue weighted by atomic mass is 19.4. The Morgan fingerprint density at radius 3 is 2.45 bits per heavy atom. The van der Waals surface area contributed by atoms with E-state index in [0.717, 1.165) is 27.9 Å². The topological polar surface area (TPSA) is 54.5 Å². The quantitative estimate of drug-likeness (QED) is 0.598. The lowest BCUT2D eigenvalue weighted by Gasteiger charge is -2.16. The molecule has 0 bridgehead atoms. The number of alkyl halides is 3. The lowest BCUT2D eigenvalue weighted by atomic mass is 10.0. The number of pyridine rings is 1. The summed E-state index contributed by atoms with van der Waals surface area (Å²) in [7, 11) is 0. The number of nitrogens with one attached hydrogen (secondary N) is 1. The van der Waals surface area contributed by atoms with Gasteiger partial charge >= 0.3 is 6.36 Å². The second-order valence-corrected chi connectivity index (χ2v) is 7.39. The first-order valence-corrected chi connectivity index (χ1v) is 9.69. The number of aromatic nitrogens is 1. The fourth-order valence-corrected chi connectivity index (χ4v) is 3.68. The van der Waals surface area contributed by atoms with E-state index in [1.54, 1.807) is 17.3 Å². The molecule has 31 heavy (non-hydrogen) atoms. The average Bonchev–Trinajstić information content (AvgIpc) is 3.03. The Hall–Kier alpha value is -3.55. The Balaban J connectivity index is 1.44. The molecule has 4 rings (SSSR count). The van der Waals surface area contributed by atoms with Gasteiger partial charge in [-0.3, -0.25) is 9.78 Å². The summed E-state index contributed by atoms with van der Waals surface area (Å²) in [6, 6.07) is 13.4. The van der Waals surface area contributed by atoms with Crippen LogP contribution in [0.3, 0.4) is 0 Å². The molecule has 0 saturated heterocycles. The fourth-order valence-electron chi connectivity index (χ4n) is 3.68. The lowest BCUT2D eigenvalue weighted by Crippen LogP contribution is -2.23. The molecule has 1 aromatic heterocycles. The number of anilines is 1. The molecule has 0 fully saturated rings. The van der Waals surface area contributed by atoms with Crippen LogP contribution in [-0.4, -0.2) is 22.2 Å². The number of benzene rings is 2. The van der Waals surface area contributed by atoms with Gasteiger partial charge < -0.3 is 15.0 Å². The zero-order valence-corrected chi connectivity index (χ0v) is 16.7. The van der Waals surface area contributed by atoms with E-state index in [0.29, 0.717) is 25.2 Å². The molecule has 160 valence electrons. The third-order valence-electron chi connectivity index (χ3n) is 5.06. The highest BCUT2D eigenvalue weighted by molar-refractivity contribution is 6.00. The Bertz CT molecular complexity index is 1080. The van der Waals surface area contributed by atoms with Crippen LogP contribution in [0.5, 0.6) is 5.75 Å². The van der Waals surface area contributed by atoms with Crippen molar-refractivity contribution in [3.05, 3.63) is 88.7 Å². The van der Waals surface area contributed by atoms with E-state index in [1.165, 1.54) is 24.3 Å². The van der Waals surface area contributed by atoms with Gasteiger partial charge in [0.05, 0.1) is 0 Å². The van der Waals surface area contributed by atoms with Gasteiger partial charge in [-0.25, -0.2) is 0 Å². The Labute approximate surface area is 177 Å².